The molecular weight excluding hydrogens is 281 g/mol. The average Bonchev–Trinajstić information content (AvgIpc) is 2.40. The first kappa shape index (κ1) is 13.9. The normalized spacial score (nSPS) is 10.3. The summed E-state index contributed by atoms with van der Waals surface area (Å²) in [6.45, 7) is 2.37. The van der Waals surface area contributed by atoms with E-state index in [-0.39, 0.29) is 5.91 Å². The van der Waals surface area contributed by atoms with Crippen LogP contribution in [0.2, 0.25) is 10.0 Å². The van der Waals surface area contributed by atoms with E-state index in [4.69, 9.17) is 23.2 Å². The second kappa shape index (κ2) is 6.09. The van der Waals surface area contributed by atoms with E-state index in [0.717, 1.165) is 11.1 Å². The molecule has 0 aliphatic carbocycles. The van der Waals surface area contributed by atoms with Crippen LogP contribution in [0, 0.1) is 6.92 Å². The van der Waals surface area contributed by atoms with E-state index < -0.39 is 0 Å². The number of benzene rings is 2. The predicted molar refractivity (Wildman–Crippen MR) is 78.8 cm³/mol. The number of nitrogens with one attached hydrogen (secondary N) is 1. The van der Waals surface area contributed by atoms with Gasteiger partial charge in [-0.05, 0) is 36.8 Å². The van der Waals surface area contributed by atoms with Crippen molar-refractivity contribution in [3.63, 3.8) is 0 Å². The highest BCUT2D eigenvalue weighted by Gasteiger charge is 2.06. The Kier molecular flexibility index (Phi) is 4.46. The highest BCUT2D eigenvalue weighted by atomic mass is 35.5. The van der Waals surface area contributed by atoms with Crippen LogP contribution >= 0.6 is 23.2 Å². The van der Waals surface area contributed by atoms with Gasteiger partial charge in [-0.2, -0.15) is 0 Å². The lowest BCUT2D eigenvalue weighted by atomic mass is 10.1. The van der Waals surface area contributed by atoms with Crippen LogP contribution < -0.4 is 5.32 Å². The number of halogens is 2. The van der Waals surface area contributed by atoms with Gasteiger partial charge in [-0.3, -0.25) is 4.79 Å². The molecule has 0 aliphatic heterocycles. The Balaban J connectivity index is 2.02. The average molecular weight is 294 g/mol. The van der Waals surface area contributed by atoms with Crippen molar-refractivity contribution < 1.29 is 4.79 Å². The minimum absolute atomic E-state index is 0.102. The third-order valence-corrected chi connectivity index (χ3v) is 3.46. The van der Waals surface area contributed by atoms with Crippen LogP contribution in [-0.4, -0.2) is 5.91 Å². The molecular formula is C15H13Cl2NO. The van der Waals surface area contributed by atoms with Crippen LogP contribution in [0.15, 0.2) is 42.5 Å². The number of rotatable bonds is 3. The van der Waals surface area contributed by atoms with Gasteiger partial charge >= 0.3 is 0 Å². The molecule has 0 aromatic heterocycles. The topological polar surface area (TPSA) is 29.1 Å². The number of aryl methyl sites for hydroxylation is 1. The molecule has 2 rings (SSSR count). The standard InChI is InChI=1S/C15H13Cl2NO/c1-10-3-2-4-12(7-10)15(19)18-9-11-5-6-13(16)14(17)8-11/h2-8H,9H2,1H3,(H,18,19). The Bertz CT molecular complexity index is 611. The molecule has 0 saturated carbocycles. The lowest BCUT2D eigenvalue weighted by molar-refractivity contribution is 0.0951. The zero-order valence-electron chi connectivity index (χ0n) is 10.4. The quantitative estimate of drug-likeness (QED) is 0.901. The fourth-order valence-electron chi connectivity index (χ4n) is 1.72. The minimum Gasteiger partial charge on any atom is -0.348 e. The fraction of sp³-hybridized carbons (Fsp3) is 0.133. The van der Waals surface area contributed by atoms with Crippen molar-refractivity contribution in [1.82, 2.24) is 5.32 Å². The molecule has 2 aromatic carbocycles. The van der Waals surface area contributed by atoms with Gasteiger partial charge in [-0.1, -0.05) is 47.0 Å². The first-order valence-electron chi connectivity index (χ1n) is 5.85. The van der Waals surface area contributed by atoms with Gasteiger partial charge in [0.15, 0.2) is 0 Å². The Morgan fingerprint density at radius 1 is 1.11 bits per heavy atom. The molecule has 1 amide bonds. The summed E-state index contributed by atoms with van der Waals surface area (Å²) in [6.07, 6.45) is 0. The molecule has 1 N–H and O–H groups in total. The zero-order chi connectivity index (χ0) is 13.8. The maximum absolute atomic E-state index is 12.0. The zero-order valence-corrected chi connectivity index (χ0v) is 11.9. The molecule has 0 aliphatic rings. The Labute approximate surface area is 122 Å². The molecule has 0 radical (unpaired) electrons. The number of hydrogen-bond donors (Lipinski definition) is 1. The number of amides is 1. The van der Waals surface area contributed by atoms with Gasteiger partial charge in [0.05, 0.1) is 10.0 Å². The molecule has 0 spiro atoms. The first-order valence-corrected chi connectivity index (χ1v) is 6.60. The summed E-state index contributed by atoms with van der Waals surface area (Å²) in [5, 5.41) is 3.85. The van der Waals surface area contributed by atoms with Crippen LogP contribution in [0.5, 0.6) is 0 Å². The van der Waals surface area contributed by atoms with Crippen molar-refractivity contribution in [2.75, 3.05) is 0 Å². The second-order valence-electron chi connectivity index (χ2n) is 4.30. The van der Waals surface area contributed by atoms with Crippen molar-refractivity contribution in [2.24, 2.45) is 0 Å². The second-order valence-corrected chi connectivity index (χ2v) is 5.12. The van der Waals surface area contributed by atoms with Crippen molar-refractivity contribution in [1.29, 1.82) is 0 Å². The molecule has 0 unspecified atom stereocenters. The Morgan fingerprint density at radius 3 is 2.58 bits per heavy atom. The summed E-state index contributed by atoms with van der Waals surface area (Å²) in [4.78, 5) is 12.0. The van der Waals surface area contributed by atoms with Crippen LogP contribution in [0.4, 0.5) is 0 Å². The lowest BCUT2D eigenvalue weighted by Gasteiger charge is -2.07. The van der Waals surface area contributed by atoms with E-state index in [2.05, 4.69) is 5.32 Å². The van der Waals surface area contributed by atoms with E-state index >= 15 is 0 Å². The molecule has 4 heteroatoms. The number of hydrogen-bond acceptors (Lipinski definition) is 1. The molecule has 2 aromatic rings. The summed E-state index contributed by atoms with van der Waals surface area (Å²) < 4.78 is 0. The summed E-state index contributed by atoms with van der Waals surface area (Å²) >= 11 is 11.8. The van der Waals surface area contributed by atoms with Gasteiger partial charge < -0.3 is 5.32 Å². The van der Waals surface area contributed by atoms with Gasteiger partial charge in [0.2, 0.25) is 0 Å². The van der Waals surface area contributed by atoms with Crippen molar-refractivity contribution >= 4 is 29.1 Å². The minimum atomic E-state index is -0.102. The van der Waals surface area contributed by atoms with E-state index in [0.29, 0.717) is 22.2 Å². The van der Waals surface area contributed by atoms with Crippen molar-refractivity contribution in [3.05, 3.63) is 69.2 Å². The molecule has 0 fully saturated rings. The SMILES string of the molecule is Cc1cccc(C(=O)NCc2ccc(Cl)c(Cl)c2)c1. The maximum Gasteiger partial charge on any atom is 0.251 e. The molecule has 98 valence electrons. The fourth-order valence-corrected chi connectivity index (χ4v) is 2.04. The number of carbonyl (C=O) groups excluding carboxylic acids is 1. The summed E-state index contributed by atoms with van der Waals surface area (Å²) in [5.74, 6) is -0.102. The van der Waals surface area contributed by atoms with E-state index in [1.54, 1.807) is 18.2 Å². The number of carbonyl (C=O) groups is 1. The smallest absolute Gasteiger partial charge is 0.251 e. The monoisotopic (exact) mass is 293 g/mol. The Hall–Kier alpha value is -1.51. The highest BCUT2D eigenvalue weighted by molar-refractivity contribution is 6.42. The molecule has 0 saturated heterocycles. The highest BCUT2D eigenvalue weighted by Crippen LogP contribution is 2.22. The van der Waals surface area contributed by atoms with E-state index in [9.17, 15) is 4.79 Å². The van der Waals surface area contributed by atoms with Gasteiger partial charge in [0.25, 0.3) is 5.91 Å². The van der Waals surface area contributed by atoms with Gasteiger partial charge in [-0.25, -0.2) is 0 Å². The largest absolute Gasteiger partial charge is 0.348 e. The summed E-state index contributed by atoms with van der Waals surface area (Å²) in [5.41, 5.74) is 2.62. The van der Waals surface area contributed by atoms with Crippen LogP contribution in [-0.2, 0) is 6.54 Å². The predicted octanol–water partition coefficient (Wildman–Crippen LogP) is 4.23. The maximum atomic E-state index is 12.0. The van der Waals surface area contributed by atoms with E-state index in [1.807, 2.05) is 31.2 Å². The molecule has 0 heterocycles. The summed E-state index contributed by atoms with van der Waals surface area (Å²) in [7, 11) is 0. The van der Waals surface area contributed by atoms with Crippen molar-refractivity contribution in [2.45, 2.75) is 13.5 Å². The molecule has 19 heavy (non-hydrogen) atoms. The lowest BCUT2D eigenvalue weighted by Crippen LogP contribution is -2.22. The molecule has 0 atom stereocenters. The van der Waals surface area contributed by atoms with Crippen molar-refractivity contribution in [3.8, 4) is 0 Å². The third-order valence-electron chi connectivity index (χ3n) is 2.72. The Morgan fingerprint density at radius 2 is 1.89 bits per heavy atom. The van der Waals surface area contributed by atoms with Crippen LogP contribution in [0.3, 0.4) is 0 Å². The van der Waals surface area contributed by atoms with E-state index in [1.165, 1.54) is 0 Å². The van der Waals surface area contributed by atoms with Gasteiger partial charge in [-0.15, -0.1) is 0 Å². The van der Waals surface area contributed by atoms with Gasteiger partial charge in [0.1, 0.15) is 0 Å². The molecule has 2 nitrogen and oxygen atoms in total. The first-order chi connectivity index (χ1) is 9.06. The van der Waals surface area contributed by atoms with Crippen LogP contribution in [0.1, 0.15) is 21.5 Å². The summed E-state index contributed by atoms with van der Waals surface area (Å²) in [6, 6.07) is 12.8. The van der Waals surface area contributed by atoms with Crippen LogP contribution in [0.25, 0.3) is 0 Å². The van der Waals surface area contributed by atoms with Gasteiger partial charge in [0, 0.05) is 12.1 Å². The third kappa shape index (κ3) is 3.72. The molecule has 0 bridgehead atoms.